The van der Waals surface area contributed by atoms with Crippen molar-refractivity contribution in [2.24, 2.45) is 0 Å². The van der Waals surface area contributed by atoms with E-state index in [4.69, 9.17) is 4.74 Å². The number of benzene rings is 3. The van der Waals surface area contributed by atoms with Crippen molar-refractivity contribution >= 4 is 18.0 Å². The Morgan fingerprint density at radius 1 is 1.03 bits per heavy atom. The number of carbonyl (C=O) groups excluding carboxylic acids is 2. The maximum Gasteiger partial charge on any atom is 0.304 e. The highest BCUT2D eigenvalue weighted by molar-refractivity contribution is 5.98. The number of hydrogen-bond donors (Lipinski definition) is 2. The van der Waals surface area contributed by atoms with Gasteiger partial charge in [-0.25, -0.2) is 0 Å². The topological polar surface area (TPSA) is 70.4 Å². The third-order valence-corrected chi connectivity index (χ3v) is 5.26. The van der Waals surface area contributed by atoms with Crippen LogP contribution in [0.4, 0.5) is 0 Å². The van der Waals surface area contributed by atoms with Crippen LogP contribution >= 0.6 is 0 Å². The molecule has 156 valence electrons. The van der Waals surface area contributed by atoms with Crippen molar-refractivity contribution in [3.05, 3.63) is 101 Å². The zero-order valence-corrected chi connectivity index (χ0v) is 17.4. The lowest BCUT2D eigenvalue weighted by Crippen LogP contribution is -2.42. The van der Waals surface area contributed by atoms with Crippen LogP contribution in [0.1, 0.15) is 33.1 Å². The van der Waals surface area contributed by atoms with Crippen LogP contribution in [0.25, 0.3) is 0 Å². The lowest BCUT2D eigenvalue weighted by Gasteiger charge is -2.14. The number of amides is 2. The van der Waals surface area contributed by atoms with Gasteiger partial charge in [0.05, 0.1) is 7.11 Å². The average Bonchev–Trinajstić information content (AvgIpc) is 3.09. The summed E-state index contributed by atoms with van der Waals surface area (Å²) in [5.41, 5.74) is 6.25. The van der Waals surface area contributed by atoms with Crippen LogP contribution < -0.4 is 15.5 Å². The zero-order valence-electron chi connectivity index (χ0n) is 17.4. The normalized spacial score (nSPS) is 19.2. The van der Waals surface area contributed by atoms with E-state index >= 15 is 0 Å². The van der Waals surface area contributed by atoms with Crippen LogP contribution in [0.15, 0.2) is 78.9 Å². The van der Waals surface area contributed by atoms with Crippen molar-refractivity contribution in [2.75, 3.05) is 7.11 Å². The van der Waals surface area contributed by atoms with Gasteiger partial charge in [-0.05, 0) is 37.3 Å². The Kier molecular flexibility index (Phi) is 5.80. The third-order valence-electron chi connectivity index (χ3n) is 5.26. The van der Waals surface area contributed by atoms with E-state index in [1.165, 1.54) is 0 Å². The highest BCUT2D eigenvalue weighted by Crippen LogP contribution is 2.25. The summed E-state index contributed by atoms with van der Waals surface area (Å²) < 4.78 is 7.04. The van der Waals surface area contributed by atoms with Gasteiger partial charge in [-0.2, -0.15) is 0 Å². The predicted octanol–water partition coefficient (Wildman–Crippen LogP) is 3.02. The maximum absolute atomic E-state index is 12.9. The standard InChI is InChI=1S/C25H23N3O3/c1-17-11-13-20(14-12-17)24(29)26-22-23(19-8-4-3-5-9-19)28(27-25(22)30)16-18-7-6-10-21(15-18)31-2/h3-16,22-23H,1-2H3,(H-,26,27,29,30)/p+1/b28-16-/t22-,23-/m0/s1. The molecule has 4 rings (SSSR count). The molecule has 2 amide bonds. The highest BCUT2D eigenvalue weighted by atomic mass is 16.5. The fourth-order valence-corrected chi connectivity index (χ4v) is 3.64. The summed E-state index contributed by atoms with van der Waals surface area (Å²) in [7, 11) is 1.61. The van der Waals surface area contributed by atoms with Crippen molar-refractivity contribution in [3.63, 3.8) is 0 Å². The van der Waals surface area contributed by atoms with Gasteiger partial charge in [0.25, 0.3) is 5.91 Å². The minimum absolute atomic E-state index is 0.270. The summed E-state index contributed by atoms with van der Waals surface area (Å²) in [6.45, 7) is 1.96. The molecule has 1 saturated heterocycles. The average molecular weight is 414 g/mol. The molecular weight excluding hydrogens is 390 g/mol. The van der Waals surface area contributed by atoms with Crippen LogP contribution in [0, 0.1) is 6.92 Å². The molecule has 6 heteroatoms. The molecule has 0 aromatic heterocycles. The lowest BCUT2D eigenvalue weighted by molar-refractivity contribution is -0.596. The van der Waals surface area contributed by atoms with Gasteiger partial charge in [-0.1, -0.05) is 54.1 Å². The molecule has 6 nitrogen and oxygen atoms in total. The number of ether oxygens (including phenoxy) is 1. The van der Waals surface area contributed by atoms with E-state index in [2.05, 4.69) is 10.7 Å². The quantitative estimate of drug-likeness (QED) is 0.631. The molecule has 0 spiro atoms. The van der Waals surface area contributed by atoms with Gasteiger partial charge in [0, 0.05) is 16.7 Å². The van der Waals surface area contributed by atoms with Crippen molar-refractivity contribution in [2.45, 2.75) is 19.0 Å². The summed E-state index contributed by atoms with van der Waals surface area (Å²) in [6.07, 6.45) is 1.84. The van der Waals surface area contributed by atoms with Crippen LogP contribution in [0.2, 0.25) is 0 Å². The summed E-state index contributed by atoms with van der Waals surface area (Å²) in [5, 5.41) is 2.91. The lowest BCUT2D eigenvalue weighted by atomic mass is 9.99. The molecule has 0 aliphatic carbocycles. The summed E-state index contributed by atoms with van der Waals surface area (Å²) in [6, 6.07) is 23.3. The van der Waals surface area contributed by atoms with Gasteiger partial charge in [-0.15, -0.1) is 10.1 Å². The first-order valence-corrected chi connectivity index (χ1v) is 10.1. The van der Waals surface area contributed by atoms with Gasteiger partial charge in [-0.3, -0.25) is 9.59 Å². The smallest absolute Gasteiger partial charge is 0.304 e. The van der Waals surface area contributed by atoms with Crippen LogP contribution in [-0.4, -0.2) is 35.9 Å². The molecule has 31 heavy (non-hydrogen) atoms. The fourth-order valence-electron chi connectivity index (χ4n) is 3.64. The SMILES string of the molecule is COc1cccc(/C=[N+]2\NC(=O)[C@@H](NC(=O)c3ccc(C)cc3)[C@@H]2c2ccccc2)c1. The number of nitrogens with zero attached hydrogens (tertiary/aromatic N) is 1. The fraction of sp³-hybridized carbons (Fsp3) is 0.160. The highest BCUT2D eigenvalue weighted by Gasteiger charge is 2.47. The first kappa shape index (κ1) is 20.3. The van der Waals surface area contributed by atoms with E-state index in [0.29, 0.717) is 5.56 Å². The van der Waals surface area contributed by atoms with Gasteiger partial charge >= 0.3 is 5.91 Å². The van der Waals surface area contributed by atoms with Crippen molar-refractivity contribution in [3.8, 4) is 5.75 Å². The molecule has 3 aromatic carbocycles. The third kappa shape index (κ3) is 4.48. The first-order valence-electron chi connectivity index (χ1n) is 10.1. The number of rotatable bonds is 5. The van der Waals surface area contributed by atoms with Crippen molar-refractivity contribution in [1.29, 1.82) is 0 Å². The number of methoxy groups -OCH3 is 1. The molecule has 2 N–H and O–H groups in total. The van der Waals surface area contributed by atoms with Gasteiger partial charge in [0.15, 0.2) is 6.04 Å². The second-order valence-electron chi connectivity index (χ2n) is 7.46. The Hall–Kier alpha value is -3.93. The maximum atomic E-state index is 12.9. The van der Waals surface area contributed by atoms with Crippen molar-refractivity contribution < 1.29 is 19.0 Å². The molecule has 0 radical (unpaired) electrons. The number of aryl methyl sites for hydroxylation is 1. The van der Waals surface area contributed by atoms with E-state index in [1.54, 1.807) is 23.9 Å². The molecule has 1 fully saturated rings. The largest absolute Gasteiger partial charge is 0.497 e. The Morgan fingerprint density at radius 2 is 1.77 bits per heavy atom. The Labute approximate surface area is 181 Å². The molecular formula is C25H24N3O3+. The Balaban J connectivity index is 1.68. The van der Waals surface area contributed by atoms with Crippen LogP contribution in [0.3, 0.4) is 0 Å². The number of hydrogen-bond acceptors (Lipinski definition) is 3. The van der Waals surface area contributed by atoms with Gasteiger partial charge in [0.2, 0.25) is 12.3 Å². The minimum Gasteiger partial charge on any atom is -0.497 e. The Bertz CT molecular complexity index is 1120. The molecule has 1 aliphatic rings. The molecule has 0 saturated carbocycles. The molecule has 2 atom stereocenters. The van der Waals surface area contributed by atoms with Crippen LogP contribution in [0.5, 0.6) is 5.75 Å². The number of hydrazine groups is 1. The second kappa shape index (κ2) is 8.83. The van der Waals surface area contributed by atoms with Gasteiger partial charge < -0.3 is 10.1 Å². The molecule has 0 bridgehead atoms. The van der Waals surface area contributed by atoms with Gasteiger partial charge in [0.1, 0.15) is 5.75 Å². The number of nitrogens with one attached hydrogen (secondary N) is 2. The van der Waals surface area contributed by atoms with Crippen LogP contribution in [-0.2, 0) is 4.79 Å². The number of carbonyl (C=O) groups is 2. The van der Waals surface area contributed by atoms with E-state index in [-0.39, 0.29) is 11.8 Å². The molecule has 1 heterocycles. The van der Waals surface area contributed by atoms with E-state index in [0.717, 1.165) is 22.4 Å². The van der Waals surface area contributed by atoms with E-state index in [9.17, 15) is 9.59 Å². The second-order valence-corrected chi connectivity index (χ2v) is 7.46. The molecule has 1 aliphatic heterocycles. The summed E-state index contributed by atoms with van der Waals surface area (Å²) in [4.78, 5) is 25.7. The monoisotopic (exact) mass is 414 g/mol. The summed E-state index contributed by atoms with van der Waals surface area (Å²) >= 11 is 0. The van der Waals surface area contributed by atoms with E-state index in [1.807, 2.05) is 79.9 Å². The zero-order chi connectivity index (χ0) is 21.8. The molecule has 0 unspecified atom stereocenters. The molecule has 3 aromatic rings. The summed E-state index contributed by atoms with van der Waals surface area (Å²) in [5.74, 6) is 0.164. The predicted molar refractivity (Wildman–Crippen MR) is 118 cm³/mol. The number of hydrazone groups is 1. The Morgan fingerprint density at radius 3 is 2.48 bits per heavy atom. The van der Waals surface area contributed by atoms with E-state index < -0.39 is 12.1 Å². The first-order chi connectivity index (χ1) is 15.0. The minimum atomic E-state index is -0.752. The van der Waals surface area contributed by atoms with Crippen molar-refractivity contribution in [1.82, 2.24) is 10.7 Å².